The van der Waals surface area contributed by atoms with Crippen molar-refractivity contribution >= 4 is 18.0 Å². The molecular weight excluding hydrogens is 358 g/mol. The number of nitrogens with zero attached hydrogens (tertiary/aromatic N) is 1. The Morgan fingerprint density at radius 2 is 2.04 bits per heavy atom. The summed E-state index contributed by atoms with van der Waals surface area (Å²) in [5.41, 5.74) is 4.16. The van der Waals surface area contributed by atoms with Crippen molar-refractivity contribution < 1.29 is 19.1 Å². The fraction of sp³-hybridized carbons (Fsp3) is 0.286. The van der Waals surface area contributed by atoms with Gasteiger partial charge in [0.15, 0.2) is 11.5 Å². The number of hydrogen-bond acceptors (Lipinski definition) is 5. The summed E-state index contributed by atoms with van der Waals surface area (Å²) in [4.78, 5) is 24.7. The van der Waals surface area contributed by atoms with E-state index in [0.29, 0.717) is 24.7 Å². The second-order valence-electron chi connectivity index (χ2n) is 6.32. The van der Waals surface area contributed by atoms with Gasteiger partial charge in [0.25, 0.3) is 5.91 Å². The lowest BCUT2D eigenvalue weighted by Crippen LogP contribution is -2.34. The Balaban J connectivity index is 1.69. The lowest BCUT2D eigenvalue weighted by atomic mass is 9.88. The summed E-state index contributed by atoms with van der Waals surface area (Å²) in [6.45, 7) is 2.82. The summed E-state index contributed by atoms with van der Waals surface area (Å²) in [6.07, 6.45) is 1.50. The number of carbonyl (C=O) groups excluding carboxylic acids is 2. The Morgan fingerprint density at radius 1 is 1.25 bits per heavy atom. The molecule has 1 saturated heterocycles. The third kappa shape index (κ3) is 4.31. The highest BCUT2D eigenvalue weighted by Gasteiger charge is 2.40. The van der Waals surface area contributed by atoms with E-state index in [9.17, 15) is 9.59 Å². The molecule has 3 rings (SSSR count). The van der Waals surface area contributed by atoms with Crippen LogP contribution in [0.1, 0.15) is 24.0 Å². The molecule has 2 atom stereocenters. The molecule has 0 radical (unpaired) electrons. The number of rotatable bonds is 7. The number of methoxy groups -OCH3 is 1. The fourth-order valence-corrected chi connectivity index (χ4v) is 3.22. The van der Waals surface area contributed by atoms with Crippen LogP contribution in [-0.2, 0) is 9.59 Å². The highest BCUT2D eigenvalue weighted by Crippen LogP contribution is 2.29. The molecule has 146 valence electrons. The van der Waals surface area contributed by atoms with Crippen molar-refractivity contribution in [2.75, 3.05) is 20.3 Å². The minimum atomic E-state index is -0.811. The molecule has 1 heterocycles. The third-order valence-electron chi connectivity index (χ3n) is 4.57. The van der Waals surface area contributed by atoms with E-state index in [1.54, 1.807) is 25.3 Å². The van der Waals surface area contributed by atoms with Gasteiger partial charge < -0.3 is 14.8 Å². The molecule has 7 nitrogen and oxygen atoms in total. The van der Waals surface area contributed by atoms with Crippen LogP contribution in [0.4, 0.5) is 0 Å². The van der Waals surface area contributed by atoms with Crippen LogP contribution < -0.4 is 20.2 Å². The quantitative estimate of drug-likeness (QED) is 0.437. The van der Waals surface area contributed by atoms with E-state index in [2.05, 4.69) is 15.8 Å². The monoisotopic (exact) mass is 381 g/mol. The van der Waals surface area contributed by atoms with E-state index in [0.717, 1.165) is 11.1 Å². The predicted octanol–water partition coefficient (Wildman–Crippen LogP) is 2.07. The predicted molar refractivity (Wildman–Crippen MR) is 106 cm³/mol. The van der Waals surface area contributed by atoms with Gasteiger partial charge in [0.1, 0.15) is 5.92 Å². The molecule has 1 fully saturated rings. The van der Waals surface area contributed by atoms with Crippen molar-refractivity contribution in [2.45, 2.75) is 12.8 Å². The Hall–Kier alpha value is -3.35. The van der Waals surface area contributed by atoms with E-state index in [1.807, 2.05) is 37.3 Å². The molecule has 1 aliphatic rings. The number of benzene rings is 2. The van der Waals surface area contributed by atoms with Crippen LogP contribution in [0.3, 0.4) is 0 Å². The molecular formula is C21H23N3O4. The standard InChI is InChI=1S/C21H23N3O4/c1-3-28-18-11-14(9-10-17(18)27-2)12-23-24-21(26)19-16(13-22-20(19)25)15-7-5-4-6-8-15/h4-12,16,19H,3,13H2,1-2H3,(H,22,25)(H,24,26)/b23-12+/t16-,19-/m1/s1. The number of hydrazone groups is 1. The Labute approximate surface area is 163 Å². The molecule has 0 aromatic heterocycles. The van der Waals surface area contributed by atoms with Crippen molar-refractivity contribution in [3.05, 3.63) is 59.7 Å². The largest absolute Gasteiger partial charge is 0.493 e. The van der Waals surface area contributed by atoms with Gasteiger partial charge in [0.05, 0.1) is 19.9 Å². The molecule has 2 N–H and O–H groups in total. The minimum absolute atomic E-state index is 0.213. The minimum Gasteiger partial charge on any atom is -0.493 e. The van der Waals surface area contributed by atoms with E-state index in [-0.39, 0.29) is 11.8 Å². The average Bonchev–Trinajstić information content (AvgIpc) is 3.10. The molecule has 0 bridgehead atoms. The lowest BCUT2D eigenvalue weighted by Gasteiger charge is -2.15. The maximum absolute atomic E-state index is 12.6. The van der Waals surface area contributed by atoms with Gasteiger partial charge in [-0.1, -0.05) is 30.3 Å². The summed E-state index contributed by atoms with van der Waals surface area (Å²) in [5.74, 6) is -0.525. The molecule has 0 spiro atoms. The molecule has 1 aliphatic heterocycles. The topological polar surface area (TPSA) is 89.0 Å². The highest BCUT2D eigenvalue weighted by atomic mass is 16.5. The molecule has 2 aromatic rings. The van der Waals surface area contributed by atoms with Gasteiger partial charge in [-0.05, 0) is 36.2 Å². The molecule has 7 heteroatoms. The first-order valence-electron chi connectivity index (χ1n) is 9.10. The highest BCUT2D eigenvalue weighted by molar-refractivity contribution is 6.03. The van der Waals surface area contributed by atoms with Crippen molar-refractivity contribution in [1.29, 1.82) is 0 Å². The van der Waals surface area contributed by atoms with Crippen LogP contribution in [0.15, 0.2) is 53.6 Å². The van der Waals surface area contributed by atoms with Crippen molar-refractivity contribution in [3.63, 3.8) is 0 Å². The Morgan fingerprint density at radius 3 is 2.75 bits per heavy atom. The summed E-state index contributed by atoms with van der Waals surface area (Å²) in [7, 11) is 1.57. The SMILES string of the molecule is CCOc1cc(/C=N/NC(=O)[C@H]2C(=O)NC[C@@H]2c2ccccc2)ccc1OC. The lowest BCUT2D eigenvalue weighted by molar-refractivity contribution is -0.133. The second kappa shape index (κ2) is 9.03. The number of ether oxygens (including phenoxy) is 2. The molecule has 0 saturated carbocycles. The molecule has 2 aromatic carbocycles. The van der Waals surface area contributed by atoms with Gasteiger partial charge in [-0.3, -0.25) is 9.59 Å². The van der Waals surface area contributed by atoms with E-state index in [1.165, 1.54) is 6.21 Å². The zero-order valence-corrected chi connectivity index (χ0v) is 15.8. The average molecular weight is 381 g/mol. The molecule has 28 heavy (non-hydrogen) atoms. The Bertz CT molecular complexity index is 867. The van der Waals surface area contributed by atoms with Crippen LogP contribution in [0.5, 0.6) is 11.5 Å². The van der Waals surface area contributed by atoms with Gasteiger partial charge in [0.2, 0.25) is 5.91 Å². The third-order valence-corrected chi connectivity index (χ3v) is 4.57. The van der Waals surface area contributed by atoms with Crippen LogP contribution in [-0.4, -0.2) is 38.3 Å². The number of nitrogens with one attached hydrogen (secondary N) is 2. The number of amides is 2. The number of carbonyl (C=O) groups is 2. The molecule has 2 amide bonds. The van der Waals surface area contributed by atoms with Gasteiger partial charge in [0, 0.05) is 12.5 Å². The van der Waals surface area contributed by atoms with E-state index in [4.69, 9.17) is 9.47 Å². The summed E-state index contributed by atoms with van der Waals surface area (Å²) in [5, 5.41) is 6.76. The van der Waals surface area contributed by atoms with Gasteiger partial charge in [-0.15, -0.1) is 0 Å². The zero-order valence-electron chi connectivity index (χ0n) is 15.8. The number of hydrogen-bond donors (Lipinski definition) is 2. The fourth-order valence-electron chi connectivity index (χ4n) is 3.22. The van der Waals surface area contributed by atoms with Crippen molar-refractivity contribution in [3.8, 4) is 11.5 Å². The van der Waals surface area contributed by atoms with E-state index >= 15 is 0 Å². The maximum Gasteiger partial charge on any atom is 0.253 e. The molecule has 0 aliphatic carbocycles. The zero-order chi connectivity index (χ0) is 19.9. The van der Waals surface area contributed by atoms with Crippen LogP contribution in [0.2, 0.25) is 0 Å². The van der Waals surface area contributed by atoms with Gasteiger partial charge in [-0.2, -0.15) is 5.10 Å². The summed E-state index contributed by atoms with van der Waals surface area (Å²) < 4.78 is 10.8. The van der Waals surface area contributed by atoms with E-state index < -0.39 is 11.8 Å². The smallest absolute Gasteiger partial charge is 0.253 e. The second-order valence-corrected chi connectivity index (χ2v) is 6.32. The molecule has 0 unspecified atom stereocenters. The van der Waals surface area contributed by atoms with Crippen LogP contribution >= 0.6 is 0 Å². The normalized spacial score (nSPS) is 18.7. The Kier molecular flexibility index (Phi) is 6.26. The maximum atomic E-state index is 12.6. The van der Waals surface area contributed by atoms with Gasteiger partial charge in [-0.25, -0.2) is 5.43 Å². The van der Waals surface area contributed by atoms with Crippen molar-refractivity contribution in [2.24, 2.45) is 11.0 Å². The van der Waals surface area contributed by atoms with Crippen LogP contribution in [0, 0.1) is 5.92 Å². The first-order chi connectivity index (χ1) is 13.6. The van der Waals surface area contributed by atoms with Crippen molar-refractivity contribution in [1.82, 2.24) is 10.7 Å². The van der Waals surface area contributed by atoms with Gasteiger partial charge >= 0.3 is 0 Å². The first kappa shape index (κ1) is 19.4. The summed E-state index contributed by atoms with van der Waals surface area (Å²) in [6, 6.07) is 14.9. The first-order valence-corrected chi connectivity index (χ1v) is 9.10. The van der Waals surface area contributed by atoms with Crippen LogP contribution in [0.25, 0.3) is 0 Å². The summed E-state index contributed by atoms with van der Waals surface area (Å²) >= 11 is 0.